The predicted molar refractivity (Wildman–Crippen MR) is 85.0 cm³/mol. The number of H-pyrrole nitrogens is 1. The molecule has 1 aromatic carbocycles. The third kappa shape index (κ3) is 2.70. The summed E-state index contributed by atoms with van der Waals surface area (Å²) < 4.78 is 13.4. The molecule has 0 spiro atoms. The number of halogens is 2. The summed E-state index contributed by atoms with van der Waals surface area (Å²) in [4.78, 5) is 11.9. The van der Waals surface area contributed by atoms with Gasteiger partial charge in [-0.15, -0.1) is 0 Å². The second-order valence-electron chi connectivity index (χ2n) is 5.37. The topological polar surface area (TPSA) is 78.0 Å². The minimum Gasteiger partial charge on any atom is -0.478 e. The van der Waals surface area contributed by atoms with Gasteiger partial charge >= 0.3 is 5.97 Å². The van der Waals surface area contributed by atoms with E-state index in [0.717, 1.165) is 6.42 Å². The van der Waals surface area contributed by atoms with Crippen molar-refractivity contribution >= 4 is 23.4 Å². The van der Waals surface area contributed by atoms with Crippen LogP contribution >= 0.6 is 11.6 Å². The Balaban J connectivity index is 2.23. The van der Waals surface area contributed by atoms with Crippen LogP contribution in [0.15, 0.2) is 35.7 Å². The van der Waals surface area contributed by atoms with Gasteiger partial charge in [-0.1, -0.05) is 31.0 Å². The lowest BCUT2D eigenvalue weighted by Crippen LogP contribution is -2.23. The Morgan fingerprint density at radius 3 is 2.87 bits per heavy atom. The molecule has 1 aliphatic rings. The standard InChI is InChI=1S/C16H15ClFN3O2/c1-2-3-12-14(16(22)23)13(10-7-19-21-15(10)20-12)9-5-4-8(18)6-11(9)17/h4-7,13H,2-3H2,1H3,(H,22,23)(H2,19,20,21). The van der Waals surface area contributed by atoms with Crippen LogP contribution in [0.3, 0.4) is 0 Å². The van der Waals surface area contributed by atoms with Crippen LogP contribution < -0.4 is 5.32 Å². The van der Waals surface area contributed by atoms with Crippen molar-refractivity contribution in [3.05, 3.63) is 57.6 Å². The highest BCUT2D eigenvalue weighted by Gasteiger charge is 2.35. The van der Waals surface area contributed by atoms with Crippen LogP contribution in [0.4, 0.5) is 10.2 Å². The molecule has 1 atom stereocenters. The minimum atomic E-state index is -1.03. The van der Waals surface area contributed by atoms with E-state index in [4.69, 9.17) is 11.6 Å². The third-order valence-electron chi connectivity index (χ3n) is 3.87. The van der Waals surface area contributed by atoms with E-state index in [9.17, 15) is 14.3 Å². The maximum atomic E-state index is 13.4. The Morgan fingerprint density at radius 1 is 1.43 bits per heavy atom. The largest absolute Gasteiger partial charge is 0.478 e. The monoisotopic (exact) mass is 335 g/mol. The lowest BCUT2D eigenvalue weighted by Gasteiger charge is -2.28. The Labute approximate surface area is 137 Å². The van der Waals surface area contributed by atoms with Gasteiger partial charge in [0.15, 0.2) is 0 Å². The number of anilines is 1. The predicted octanol–water partition coefficient (Wildman–Crippen LogP) is 3.90. The van der Waals surface area contributed by atoms with E-state index in [1.807, 2.05) is 6.92 Å². The lowest BCUT2D eigenvalue weighted by molar-refractivity contribution is -0.133. The summed E-state index contributed by atoms with van der Waals surface area (Å²) in [6.45, 7) is 1.97. The average molecular weight is 336 g/mol. The fourth-order valence-electron chi connectivity index (χ4n) is 2.92. The Morgan fingerprint density at radius 2 is 2.22 bits per heavy atom. The normalized spacial score (nSPS) is 16.9. The molecular formula is C16H15ClFN3O2. The van der Waals surface area contributed by atoms with Crippen LogP contribution in [-0.4, -0.2) is 21.3 Å². The first-order valence-corrected chi connectivity index (χ1v) is 7.62. The van der Waals surface area contributed by atoms with Crippen LogP contribution in [0.25, 0.3) is 0 Å². The molecule has 2 aromatic rings. The van der Waals surface area contributed by atoms with Gasteiger partial charge < -0.3 is 10.4 Å². The molecule has 120 valence electrons. The number of carboxylic acid groups (broad SMARTS) is 1. The number of hydrogen-bond donors (Lipinski definition) is 3. The summed E-state index contributed by atoms with van der Waals surface area (Å²) >= 11 is 6.18. The van der Waals surface area contributed by atoms with E-state index in [-0.39, 0.29) is 10.6 Å². The molecule has 0 saturated carbocycles. The zero-order chi connectivity index (χ0) is 16.6. The Bertz CT molecular complexity index is 800. The molecule has 23 heavy (non-hydrogen) atoms. The molecule has 3 rings (SSSR count). The maximum Gasteiger partial charge on any atom is 0.334 e. The van der Waals surface area contributed by atoms with Crippen molar-refractivity contribution in [3.63, 3.8) is 0 Å². The van der Waals surface area contributed by atoms with Gasteiger partial charge in [0.2, 0.25) is 0 Å². The number of nitrogens with one attached hydrogen (secondary N) is 2. The van der Waals surface area contributed by atoms with Gasteiger partial charge in [0, 0.05) is 22.2 Å². The summed E-state index contributed by atoms with van der Waals surface area (Å²) in [5.74, 6) is -1.45. The van der Waals surface area contributed by atoms with Crippen LogP contribution in [0.2, 0.25) is 5.02 Å². The van der Waals surface area contributed by atoms with Gasteiger partial charge in [-0.05, 0) is 24.1 Å². The second-order valence-corrected chi connectivity index (χ2v) is 5.78. The first-order valence-electron chi connectivity index (χ1n) is 7.24. The summed E-state index contributed by atoms with van der Waals surface area (Å²) in [6.07, 6.45) is 2.93. The van der Waals surface area contributed by atoms with Gasteiger partial charge in [-0.25, -0.2) is 9.18 Å². The number of aromatic nitrogens is 2. The molecule has 0 aliphatic carbocycles. The number of nitrogens with zero attached hydrogens (tertiary/aromatic N) is 1. The number of aromatic amines is 1. The molecule has 3 N–H and O–H groups in total. The van der Waals surface area contributed by atoms with Crippen LogP contribution in [0.5, 0.6) is 0 Å². The summed E-state index contributed by atoms with van der Waals surface area (Å²) in [7, 11) is 0. The minimum absolute atomic E-state index is 0.193. The first kappa shape index (κ1) is 15.6. The molecule has 0 radical (unpaired) electrons. The number of rotatable bonds is 4. The van der Waals surface area contributed by atoms with Crippen molar-refractivity contribution in [2.75, 3.05) is 5.32 Å². The summed E-state index contributed by atoms with van der Waals surface area (Å²) in [5.41, 5.74) is 2.05. The molecule has 1 aliphatic heterocycles. The highest BCUT2D eigenvalue weighted by Crippen LogP contribution is 2.44. The van der Waals surface area contributed by atoms with E-state index < -0.39 is 17.7 Å². The molecule has 0 bridgehead atoms. The lowest BCUT2D eigenvalue weighted by atomic mass is 9.82. The van der Waals surface area contributed by atoms with Gasteiger partial charge in [0.05, 0.1) is 11.8 Å². The number of allylic oxidation sites excluding steroid dienone is 1. The van der Waals surface area contributed by atoms with Gasteiger partial charge in [-0.2, -0.15) is 5.10 Å². The zero-order valence-corrected chi connectivity index (χ0v) is 13.1. The number of fused-ring (bicyclic) bond motifs is 1. The fourth-order valence-corrected chi connectivity index (χ4v) is 3.20. The number of aliphatic carboxylic acids is 1. The Kier molecular flexibility index (Phi) is 4.09. The molecule has 0 fully saturated rings. The van der Waals surface area contributed by atoms with E-state index in [0.29, 0.717) is 29.1 Å². The number of carboxylic acids is 1. The SMILES string of the molecule is CCCC1=C(C(=O)O)C(c2ccc(F)cc2Cl)c2cn[nH]c2N1. The van der Waals surface area contributed by atoms with Crippen molar-refractivity contribution in [2.45, 2.75) is 25.7 Å². The van der Waals surface area contributed by atoms with Crippen molar-refractivity contribution in [1.29, 1.82) is 0 Å². The maximum absolute atomic E-state index is 13.4. The van der Waals surface area contributed by atoms with E-state index in [1.54, 1.807) is 6.20 Å². The van der Waals surface area contributed by atoms with E-state index in [1.165, 1.54) is 18.2 Å². The smallest absolute Gasteiger partial charge is 0.334 e. The molecule has 2 heterocycles. The zero-order valence-electron chi connectivity index (χ0n) is 12.4. The Hall–Kier alpha value is -2.34. The quantitative estimate of drug-likeness (QED) is 0.792. The van der Waals surface area contributed by atoms with Crippen LogP contribution in [0.1, 0.15) is 36.8 Å². The van der Waals surface area contributed by atoms with E-state index >= 15 is 0 Å². The van der Waals surface area contributed by atoms with Crippen molar-refractivity contribution < 1.29 is 14.3 Å². The van der Waals surface area contributed by atoms with Gasteiger partial charge in [0.25, 0.3) is 0 Å². The van der Waals surface area contributed by atoms with Crippen molar-refractivity contribution in [2.24, 2.45) is 0 Å². The summed E-state index contributed by atoms with van der Waals surface area (Å²) in [5, 5.41) is 19.8. The average Bonchev–Trinajstić information content (AvgIpc) is 2.94. The third-order valence-corrected chi connectivity index (χ3v) is 4.20. The molecule has 0 amide bonds. The highest BCUT2D eigenvalue weighted by molar-refractivity contribution is 6.31. The molecule has 1 unspecified atom stereocenters. The molecule has 1 aromatic heterocycles. The number of hydrogen-bond acceptors (Lipinski definition) is 3. The van der Waals surface area contributed by atoms with Crippen molar-refractivity contribution in [1.82, 2.24) is 10.2 Å². The fraction of sp³-hybridized carbons (Fsp3) is 0.250. The molecule has 7 heteroatoms. The van der Waals surface area contributed by atoms with Crippen LogP contribution in [-0.2, 0) is 4.79 Å². The number of benzene rings is 1. The van der Waals surface area contributed by atoms with Gasteiger partial charge in [0.1, 0.15) is 11.6 Å². The van der Waals surface area contributed by atoms with Crippen molar-refractivity contribution in [3.8, 4) is 0 Å². The second kappa shape index (κ2) is 6.04. The number of carbonyl (C=O) groups is 1. The first-order chi connectivity index (χ1) is 11.0. The van der Waals surface area contributed by atoms with E-state index in [2.05, 4.69) is 15.5 Å². The van der Waals surface area contributed by atoms with Gasteiger partial charge in [-0.3, -0.25) is 5.10 Å². The molecule has 0 saturated heterocycles. The molecule has 5 nitrogen and oxygen atoms in total. The molecular weight excluding hydrogens is 321 g/mol. The summed E-state index contributed by atoms with van der Waals surface area (Å²) in [6, 6.07) is 4.00. The highest BCUT2D eigenvalue weighted by atomic mass is 35.5. The van der Waals surface area contributed by atoms with Crippen LogP contribution in [0, 0.1) is 5.82 Å².